The highest BCUT2D eigenvalue weighted by molar-refractivity contribution is 5.94. The van der Waals surface area contributed by atoms with Crippen molar-refractivity contribution in [3.05, 3.63) is 154 Å². The van der Waals surface area contributed by atoms with Gasteiger partial charge in [-0.3, -0.25) is 4.79 Å². The summed E-state index contributed by atoms with van der Waals surface area (Å²) in [6.07, 6.45) is 9.16. The number of hydrogen-bond acceptors (Lipinski definition) is 7. The first-order valence-electron chi connectivity index (χ1n) is 20.3. The largest absolute Gasteiger partial charge is 0.387 e. The molecule has 1 aromatic heterocycles. The Bertz CT molecular complexity index is 2200. The molecule has 2 aromatic carbocycles. The third-order valence-corrected chi connectivity index (χ3v) is 12.2. The van der Waals surface area contributed by atoms with Crippen molar-refractivity contribution in [3.8, 4) is 0 Å². The summed E-state index contributed by atoms with van der Waals surface area (Å²) in [5.41, 5.74) is 14.9. The minimum atomic E-state index is -0.216. The van der Waals surface area contributed by atoms with Gasteiger partial charge in [-0.15, -0.1) is 0 Å². The number of nitrogens with zero attached hydrogens (tertiary/aromatic N) is 2. The van der Waals surface area contributed by atoms with Crippen LogP contribution in [0.5, 0.6) is 0 Å². The van der Waals surface area contributed by atoms with Gasteiger partial charge in [0.05, 0.1) is 42.1 Å². The second-order valence-corrected chi connectivity index (χ2v) is 15.8. The summed E-state index contributed by atoms with van der Waals surface area (Å²) in [5.74, 6) is -0.0378. The van der Waals surface area contributed by atoms with E-state index in [-0.39, 0.29) is 23.8 Å². The predicted octanol–water partition coefficient (Wildman–Crippen LogP) is 9.25. The zero-order chi connectivity index (χ0) is 39.7. The number of Topliss-reactive ketones (excluding diaryl/α,β-unsaturated/α-hetero) is 1. The normalized spacial score (nSPS) is 18.8. The van der Waals surface area contributed by atoms with Gasteiger partial charge in [-0.1, -0.05) is 77.1 Å². The van der Waals surface area contributed by atoms with Crippen LogP contribution in [0.2, 0.25) is 0 Å². The van der Waals surface area contributed by atoms with Crippen molar-refractivity contribution in [1.82, 2.24) is 31.2 Å². The van der Waals surface area contributed by atoms with Crippen LogP contribution < -0.4 is 21.3 Å². The molecule has 292 valence electrons. The second kappa shape index (κ2) is 16.4. The van der Waals surface area contributed by atoms with Crippen molar-refractivity contribution in [2.45, 2.75) is 97.2 Å². The standard InChI is InChI=1S/C48H57FN6O/c1-9-28(3)52-42(23-34-16-12-11-13-17-34)32(7)51-26-30(5)50-22-14-15-29(4)53-41-20-18-36-31(6)40(49)25-43-46(36)47(41)39-27-55-33(8)37-19-21-45(56)35(10-2)38(37)24-44(55)48(39)54-43/h11-13,16-17,24-25,35,41-42,50-53H,3-5,7-10,14-15,18-23,26-27H2,1-2,6H3. The smallest absolute Gasteiger partial charge is 0.140 e. The summed E-state index contributed by atoms with van der Waals surface area (Å²) >= 11 is 0. The molecule has 4 aliphatic rings. The molecule has 56 heavy (non-hydrogen) atoms. The van der Waals surface area contributed by atoms with Gasteiger partial charge in [-0.25, -0.2) is 9.37 Å². The van der Waals surface area contributed by atoms with E-state index in [4.69, 9.17) is 4.98 Å². The van der Waals surface area contributed by atoms with Gasteiger partial charge in [0, 0.05) is 64.4 Å². The van der Waals surface area contributed by atoms with E-state index in [1.165, 1.54) is 16.7 Å². The van der Waals surface area contributed by atoms with Gasteiger partial charge < -0.3 is 26.2 Å². The number of rotatable bonds is 17. The summed E-state index contributed by atoms with van der Waals surface area (Å²) < 4.78 is 15.4. The number of ketones is 1. The van der Waals surface area contributed by atoms with E-state index in [2.05, 4.69) is 103 Å². The van der Waals surface area contributed by atoms with Gasteiger partial charge in [-0.2, -0.15) is 0 Å². The van der Waals surface area contributed by atoms with E-state index >= 15 is 4.39 Å². The third-order valence-electron chi connectivity index (χ3n) is 12.2. The number of fused-ring (bicyclic) bond motifs is 4. The first-order valence-corrected chi connectivity index (χ1v) is 20.3. The van der Waals surface area contributed by atoms with Crippen molar-refractivity contribution in [2.75, 3.05) is 13.1 Å². The Morgan fingerprint density at radius 3 is 2.55 bits per heavy atom. The number of halogens is 1. The van der Waals surface area contributed by atoms with Crippen molar-refractivity contribution in [1.29, 1.82) is 0 Å². The maximum atomic E-state index is 15.4. The van der Waals surface area contributed by atoms with E-state index < -0.39 is 0 Å². The Hall–Kier alpha value is -5.37. The van der Waals surface area contributed by atoms with Crippen LogP contribution in [-0.4, -0.2) is 34.8 Å². The minimum absolute atomic E-state index is 0.0150. The lowest BCUT2D eigenvalue weighted by Crippen LogP contribution is -2.38. The average molecular weight is 753 g/mol. The highest BCUT2D eigenvalue weighted by Gasteiger charge is 2.41. The molecule has 0 amide bonds. The van der Waals surface area contributed by atoms with Crippen LogP contribution in [0.25, 0.3) is 16.6 Å². The monoisotopic (exact) mass is 752 g/mol. The quantitative estimate of drug-likeness (QED) is 0.102. The number of carbonyl (C=O) groups excluding carboxylic acids is 1. The summed E-state index contributed by atoms with van der Waals surface area (Å²) in [5, 5.41) is 15.4. The van der Waals surface area contributed by atoms with Gasteiger partial charge >= 0.3 is 0 Å². The molecule has 3 heterocycles. The highest BCUT2D eigenvalue weighted by Crippen LogP contribution is 2.50. The van der Waals surface area contributed by atoms with Gasteiger partial charge in [0.1, 0.15) is 11.6 Å². The molecule has 0 saturated heterocycles. The van der Waals surface area contributed by atoms with Crippen LogP contribution in [0, 0.1) is 18.7 Å². The third kappa shape index (κ3) is 7.58. The molecule has 2 aliphatic heterocycles. The Morgan fingerprint density at radius 2 is 1.80 bits per heavy atom. The van der Waals surface area contributed by atoms with Crippen molar-refractivity contribution >= 4 is 22.4 Å². The van der Waals surface area contributed by atoms with Gasteiger partial charge in [0.25, 0.3) is 0 Å². The molecule has 2 aliphatic carbocycles. The number of pyridine rings is 1. The molecule has 0 fully saturated rings. The predicted molar refractivity (Wildman–Crippen MR) is 228 cm³/mol. The highest BCUT2D eigenvalue weighted by atomic mass is 19.1. The molecule has 3 aromatic rings. The number of allylic oxidation sites excluding steroid dienone is 5. The molecule has 4 N–H and O–H groups in total. The topological polar surface area (TPSA) is 81.3 Å². The average Bonchev–Trinajstić information content (AvgIpc) is 3.56. The first-order chi connectivity index (χ1) is 27.0. The number of nitrogens with one attached hydrogen (secondary N) is 4. The van der Waals surface area contributed by atoms with Crippen molar-refractivity contribution in [3.63, 3.8) is 0 Å². The van der Waals surface area contributed by atoms with Crippen LogP contribution in [0.1, 0.15) is 98.3 Å². The molecule has 0 spiro atoms. The number of aryl methyl sites for hydroxylation is 1. The maximum absolute atomic E-state index is 15.4. The lowest BCUT2D eigenvalue weighted by atomic mass is 9.77. The molecule has 0 bridgehead atoms. The minimum Gasteiger partial charge on any atom is -0.387 e. The lowest BCUT2D eigenvalue weighted by Gasteiger charge is -2.35. The van der Waals surface area contributed by atoms with E-state index in [0.717, 1.165) is 120 Å². The molecular formula is C48H57FN6O. The first kappa shape index (κ1) is 38.9. The number of hydrogen-bond donors (Lipinski definition) is 4. The molecule has 0 radical (unpaired) electrons. The second-order valence-electron chi connectivity index (χ2n) is 15.8. The van der Waals surface area contributed by atoms with Gasteiger partial charge in [-0.05, 0) is 97.8 Å². The Labute approximate surface area is 332 Å². The Morgan fingerprint density at radius 1 is 1.02 bits per heavy atom. The van der Waals surface area contributed by atoms with Crippen LogP contribution >= 0.6 is 0 Å². The summed E-state index contributed by atoms with van der Waals surface area (Å²) in [6.45, 7) is 29.8. The summed E-state index contributed by atoms with van der Waals surface area (Å²) in [7, 11) is 0. The molecule has 7 rings (SSSR count). The van der Waals surface area contributed by atoms with Crippen molar-refractivity contribution < 1.29 is 9.18 Å². The maximum Gasteiger partial charge on any atom is 0.140 e. The van der Waals surface area contributed by atoms with E-state index in [9.17, 15) is 4.79 Å². The molecule has 8 heteroatoms. The zero-order valence-corrected chi connectivity index (χ0v) is 33.5. The van der Waals surface area contributed by atoms with E-state index in [0.29, 0.717) is 36.4 Å². The molecule has 0 saturated carbocycles. The van der Waals surface area contributed by atoms with Gasteiger partial charge in [0.2, 0.25) is 0 Å². The number of carbonyl (C=O) groups is 1. The van der Waals surface area contributed by atoms with Crippen LogP contribution in [-0.2, 0) is 24.2 Å². The van der Waals surface area contributed by atoms with Gasteiger partial charge in [0.15, 0.2) is 0 Å². The fourth-order valence-corrected chi connectivity index (χ4v) is 9.00. The number of aromatic nitrogens is 1. The lowest BCUT2D eigenvalue weighted by molar-refractivity contribution is -0.122. The van der Waals surface area contributed by atoms with Crippen LogP contribution in [0.4, 0.5) is 4.39 Å². The van der Waals surface area contributed by atoms with Crippen molar-refractivity contribution in [2.24, 2.45) is 5.92 Å². The summed E-state index contributed by atoms with van der Waals surface area (Å²) in [4.78, 5) is 20.4. The number of benzene rings is 2. The molecule has 3 unspecified atom stereocenters. The fourth-order valence-electron chi connectivity index (χ4n) is 9.00. The molecule has 3 atom stereocenters. The zero-order valence-electron chi connectivity index (χ0n) is 33.5. The molecule has 7 nitrogen and oxygen atoms in total. The van der Waals surface area contributed by atoms with E-state index in [1.54, 1.807) is 6.07 Å². The summed E-state index contributed by atoms with van der Waals surface area (Å²) in [6, 6.07) is 12.0. The Kier molecular flexibility index (Phi) is 11.4. The Balaban J connectivity index is 1.01. The van der Waals surface area contributed by atoms with Crippen LogP contribution in [0.15, 0.2) is 115 Å². The molecular weight excluding hydrogens is 696 g/mol. The van der Waals surface area contributed by atoms with E-state index in [1.807, 2.05) is 13.0 Å². The SMILES string of the molecule is C=C(CNC(=C)C(Cc1ccccc1)NC(=C)CC)NCCCC(=C)NC1CCc2c(C)c(F)cc3nc4c(c1c23)CN1C(=C)C2=C(C=C41)C(CC)C(=O)CC2. The fraction of sp³-hybridized carbons (Fsp3) is 0.375. The van der Waals surface area contributed by atoms with Crippen LogP contribution in [0.3, 0.4) is 0 Å².